The summed E-state index contributed by atoms with van der Waals surface area (Å²) in [7, 11) is 1.65. The predicted octanol–water partition coefficient (Wildman–Crippen LogP) is 4.01. The van der Waals surface area contributed by atoms with Gasteiger partial charge in [-0.05, 0) is 17.7 Å². The Morgan fingerprint density at radius 2 is 1.89 bits per heavy atom. The first kappa shape index (κ1) is 26.0. The van der Waals surface area contributed by atoms with Crippen LogP contribution in [-0.4, -0.2) is 68.8 Å². The maximum Gasteiger partial charge on any atom is 0.490 e. The monoisotopic (exact) mass is 515 g/mol. The number of halogens is 3. The summed E-state index contributed by atoms with van der Waals surface area (Å²) in [6, 6.07) is 18.4. The number of carbonyl (C=O) groups is 1. The second-order valence-electron chi connectivity index (χ2n) is 8.16. The summed E-state index contributed by atoms with van der Waals surface area (Å²) in [4.78, 5) is 15.5. The third-order valence-corrected chi connectivity index (χ3v) is 5.68. The van der Waals surface area contributed by atoms with Gasteiger partial charge in [-0.3, -0.25) is 4.90 Å². The molecule has 4 heterocycles. The number of hydrogen-bond donors (Lipinski definition) is 1. The molecule has 5 rings (SSSR count). The van der Waals surface area contributed by atoms with Crippen LogP contribution in [0.15, 0.2) is 67.0 Å². The maximum atomic E-state index is 10.6. The smallest absolute Gasteiger partial charge is 0.481 e. The first-order valence-corrected chi connectivity index (χ1v) is 11.3. The molecule has 1 aromatic carbocycles. The van der Waals surface area contributed by atoms with Crippen molar-refractivity contribution >= 4 is 11.5 Å². The van der Waals surface area contributed by atoms with Gasteiger partial charge in [0, 0.05) is 43.2 Å². The number of hydrogen-bond acceptors (Lipinski definition) is 7. The summed E-state index contributed by atoms with van der Waals surface area (Å²) in [6.07, 6.45) is -1.44. The second kappa shape index (κ2) is 11.4. The number of benzene rings is 1. The molecule has 1 aliphatic heterocycles. The fourth-order valence-corrected chi connectivity index (χ4v) is 3.93. The zero-order valence-electron chi connectivity index (χ0n) is 19.8. The topological polar surface area (TPSA) is 102 Å². The van der Waals surface area contributed by atoms with Crippen LogP contribution in [0.5, 0.6) is 5.88 Å². The fourth-order valence-electron chi connectivity index (χ4n) is 3.93. The SMILES string of the molecule is COc1ncccc1CN1CCOC(c2nnn3cc(-c4ccccc4)ccc23)C1.O=C(O)C(F)(F)F. The van der Waals surface area contributed by atoms with Gasteiger partial charge in [0.2, 0.25) is 5.88 Å². The number of rotatable bonds is 5. The summed E-state index contributed by atoms with van der Waals surface area (Å²) in [6.45, 7) is 3.00. The quantitative estimate of drug-likeness (QED) is 0.426. The van der Waals surface area contributed by atoms with Gasteiger partial charge in [0.15, 0.2) is 0 Å². The van der Waals surface area contributed by atoms with E-state index in [0.717, 1.165) is 47.5 Å². The molecule has 12 heteroatoms. The lowest BCUT2D eigenvalue weighted by Crippen LogP contribution is -2.38. The fraction of sp³-hybridized carbons (Fsp3) is 0.280. The molecule has 1 N–H and O–H groups in total. The molecular formula is C25H24F3N5O4. The number of pyridine rings is 2. The van der Waals surface area contributed by atoms with Crippen LogP contribution >= 0.6 is 0 Å². The molecule has 4 aromatic rings. The third kappa shape index (κ3) is 6.40. The Bertz CT molecular complexity index is 1350. The lowest BCUT2D eigenvalue weighted by atomic mass is 10.1. The molecule has 0 aliphatic carbocycles. The summed E-state index contributed by atoms with van der Waals surface area (Å²) >= 11 is 0. The van der Waals surface area contributed by atoms with Gasteiger partial charge in [-0.25, -0.2) is 14.3 Å². The molecular weight excluding hydrogens is 491 g/mol. The van der Waals surface area contributed by atoms with Gasteiger partial charge in [-0.15, -0.1) is 5.10 Å². The van der Waals surface area contributed by atoms with Gasteiger partial charge in [0.05, 0.1) is 19.2 Å². The van der Waals surface area contributed by atoms with Gasteiger partial charge in [-0.1, -0.05) is 47.7 Å². The Kier molecular flexibility index (Phi) is 7.99. The zero-order chi connectivity index (χ0) is 26.4. The highest BCUT2D eigenvalue weighted by molar-refractivity contribution is 5.73. The Hall–Kier alpha value is -4.03. The van der Waals surface area contributed by atoms with Crippen LogP contribution in [0.25, 0.3) is 16.6 Å². The van der Waals surface area contributed by atoms with E-state index >= 15 is 0 Å². The van der Waals surface area contributed by atoms with Crippen molar-refractivity contribution in [1.82, 2.24) is 24.7 Å². The van der Waals surface area contributed by atoms with E-state index in [9.17, 15) is 13.2 Å². The molecule has 37 heavy (non-hydrogen) atoms. The van der Waals surface area contributed by atoms with E-state index in [1.54, 1.807) is 13.3 Å². The van der Waals surface area contributed by atoms with Crippen molar-refractivity contribution in [2.45, 2.75) is 18.8 Å². The van der Waals surface area contributed by atoms with Gasteiger partial charge in [0.1, 0.15) is 11.8 Å². The predicted molar refractivity (Wildman–Crippen MR) is 127 cm³/mol. The van der Waals surface area contributed by atoms with E-state index in [2.05, 4.69) is 50.5 Å². The summed E-state index contributed by atoms with van der Waals surface area (Å²) in [5.74, 6) is -2.09. The third-order valence-electron chi connectivity index (χ3n) is 5.68. The highest BCUT2D eigenvalue weighted by atomic mass is 19.4. The molecule has 0 saturated carbocycles. The van der Waals surface area contributed by atoms with Crippen LogP contribution < -0.4 is 4.74 Å². The summed E-state index contributed by atoms with van der Waals surface area (Å²) < 4.78 is 45.0. The lowest BCUT2D eigenvalue weighted by molar-refractivity contribution is -0.192. The van der Waals surface area contributed by atoms with Crippen molar-refractivity contribution in [3.05, 3.63) is 78.2 Å². The number of carboxylic acids is 1. The van der Waals surface area contributed by atoms with Crippen molar-refractivity contribution in [2.75, 3.05) is 26.8 Å². The van der Waals surface area contributed by atoms with Crippen LogP contribution in [0.2, 0.25) is 0 Å². The van der Waals surface area contributed by atoms with Crippen LogP contribution in [0.1, 0.15) is 17.4 Å². The molecule has 1 aliphatic rings. The highest BCUT2D eigenvalue weighted by Gasteiger charge is 2.38. The Morgan fingerprint density at radius 3 is 2.59 bits per heavy atom. The van der Waals surface area contributed by atoms with Crippen LogP contribution in [0.3, 0.4) is 0 Å². The van der Waals surface area contributed by atoms with Crippen molar-refractivity contribution in [3.63, 3.8) is 0 Å². The van der Waals surface area contributed by atoms with Crippen LogP contribution in [-0.2, 0) is 16.1 Å². The van der Waals surface area contributed by atoms with Gasteiger partial charge < -0.3 is 14.6 Å². The second-order valence-corrected chi connectivity index (χ2v) is 8.16. The highest BCUT2D eigenvalue weighted by Crippen LogP contribution is 2.28. The van der Waals surface area contributed by atoms with Crippen LogP contribution in [0, 0.1) is 0 Å². The Morgan fingerprint density at radius 1 is 1.14 bits per heavy atom. The zero-order valence-corrected chi connectivity index (χ0v) is 19.8. The number of carboxylic acid groups (broad SMARTS) is 1. The lowest BCUT2D eigenvalue weighted by Gasteiger charge is -2.32. The maximum absolute atomic E-state index is 10.6. The molecule has 1 unspecified atom stereocenters. The summed E-state index contributed by atoms with van der Waals surface area (Å²) in [5.41, 5.74) is 5.18. The molecule has 0 spiro atoms. The Labute approximate surface area is 210 Å². The molecule has 0 amide bonds. The standard InChI is InChI=1S/C23H23N5O2.C2HF3O2/c1-29-23-19(8-5-11-24-23)14-27-12-13-30-21(16-27)22-20-10-9-18(15-28(20)26-25-22)17-6-3-2-4-7-17;3-2(4,5)1(6)7/h2-11,15,21H,12-14,16H2,1H3;(H,6,7). The van der Waals surface area contributed by atoms with Gasteiger partial charge in [-0.2, -0.15) is 13.2 Å². The molecule has 0 bridgehead atoms. The van der Waals surface area contributed by atoms with E-state index < -0.39 is 12.1 Å². The van der Waals surface area contributed by atoms with E-state index in [1.807, 2.05) is 35.0 Å². The minimum Gasteiger partial charge on any atom is -0.481 e. The van der Waals surface area contributed by atoms with E-state index in [4.69, 9.17) is 19.4 Å². The van der Waals surface area contributed by atoms with E-state index in [-0.39, 0.29) is 6.10 Å². The normalized spacial score (nSPS) is 16.2. The molecule has 1 atom stereocenters. The number of fused-ring (bicyclic) bond motifs is 1. The molecule has 3 aromatic heterocycles. The summed E-state index contributed by atoms with van der Waals surface area (Å²) in [5, 5.41) is 15.9. The number of ether oxygens (including phenoxy) is 2. The first-order chi connectivity index (χ1) is 17.8. The molecule has 9 nitrogen and oxygen atoms in total. The molecule has 1 saturated heterocycles. The van der Waals surface area contributed by atoms with Crippen molar-refractivity contribution in [1.29, 1.82) is 0 Å². The van der Waals surface area contributed by atoms with Gasteiger partial charge >= 0.3 is 12.1 Å². The number of nitrogens with zero attached hydrogens (tertiary/aromatic N) is 5. The number of morpholine rings is 1. The Balaban J connectivity index is 0.000000405. The minimum absolute atomic E-state index is 0.124. The van der Waals surface area contributed by atoms with Crippen LogP contribution in [0.4, 0.5) is 13.2 Å². The van der Waals surface area contributed by atoms with E-state index in [0.29, 0.717) is 12.5 Å². The first-order valence-electron chi connectivity index (χ1n) is 11.3. The number of aliphatic carboxylic acids is 1. The average molecular weight is 515 g/mol. The molecule has 1 fully saturated rings. The number of alkyl halides is 3. The van der Waals surface area contributed by atoms with Crippen molar-refractivity contribution in [3.8, 4) is 17.0 Å². The van der Waals surface area contributed by atoms with E-state index in [1.165, 1.54) is 0 Å². The number of aromatic nitrogens is 4. The van der Waals surface area contributed by atoms with Crippen molar-refractivity contribution < 1.29 is 32.5 Å². The number of methoxy groups -OCH3 is 1. The van der Waals surface area contributed by atoms with Gasteiger partial charge in [0.25, 0.3) is 0 Å². The average Bonchev–Trinajstić information content (AvgIpc) is 3.33. The van der Waals surface area contributed by atoms with Crippen molar-refractivity contribution in [2.24, 2.45) is 0 Å². The molecule has 194 valence electrons. The molecule has 0 radical (unpaired) electrons. The minimum atomic E-state index is -5.08. The largest absolute Gasteiger partial charge is 0.490 e.